The first kappa shape index (κ1) is 13.6. The molecule has 2 aromatic rings. The third kappa shape index (κ3) is 2.93. The predicted octanol–water partition coefficient (Wildman–Crippen LogP) is 4.09. The summed E-state index contributed by atoms with van der Waals surface area (Å²) in [6, 6.07) is 8.99. The summed E-state index contributed by atoms with van der Waals surface area (Å²) in [6.07, 6.45) is 1.59. The zero-order valence-electron chi connectivity index (χ0n) is 10.7. The standard InChI is InChI=1S/C14H15ClFGeN/c1-17(2,3)11-4-5-12(13(16)9-11)10-6-7-18-14(15)8-10/h4-9H,1-3H3. The monoisotopic (exact) mass is 325 g/mol. The molecule has 0 aliphatic carbocycles. The number of halogens is 2. The Morgan fingerprint density at radius 3 is 2.39 bits per heavy atom. The van der Waals surface area contributed by atoms with E-state index in [9.17, 15) is 4.39 Å². The summed E-state index contributed by atoms with van der Waals surface area (Å²) in [4.78, 5) is 3.90. The Morgan fingerprint density at radius 2 is 1.83 bits per heavy atom. The number of rotatable bonds is 2. The molecule has 0 fully saturated rings. The van der Waals surface area contributed by atoms with E-state index in [0.29, 0.717) is 10.7 Å². The third-order valence-electron chi connectivity index (χ3n) is 2.87. The molecular formula is C14H15ClFGeN. The molecule has 0 aliphatic heterocycles. The van der Waals surface area contributed by atoms with Crippen molar-refractivity contribution >= 4 is 29.3 Å². The molecule has 2 rings (SSSR count). The van der Waals surface area contributed by atoms with Gasteiger partial charge >= 0.3 is 115 Å². The van der Waals surface area contributed by atoms with Crippen molar-refractivity contribution in [1.82, 2.24) is 4.98 Å². The summed E-state index contributed by atoms with van der Waals surface area (Å²) in [6.45, 7) is 0. The van der Waals surface area contributed by atoms with Crippen LogP contribution in [0, 0.1) is 5.82 Å². The molecule has 0 saturated carbocycles. The van der Waals surface area contributed by atoms with E-state index in [-0.39, 0.29) is 5.82 Å². The van der Waals surface area contributed by atoms with Crippen molar-refractivity contribution in [2.24, 2.45) is 0 Å². The van der Waals surface area contributed by atoms with Gasteiger partial charge in [-0.05, 0) is 0 Å². The molecule has 0 bridgehead atoms. The van der Waals surface area contributed by atoms with Gasteiger partial charge in [0.2, 0.25) is 0 Å². The van der Waals surface area contributed by atoms with Crippen LogP contribution in [0.25, 0.3) is 11.1 Å². The number of nitrogens with zero attached hydrogens (tertiary/aromatic N) is 1. The van der Waals surface area contributed by atoms with E-state index in [1.807, 2.05) is 12.1 Å². The van der Waals surface area contributed by atoms with Gasteiger partial charge < -0.3 is 0 Å². The van der Waals surface area contributed by atoms with E-state index in [1.165, 1.54) is 0 Å². The van der Waals surface area contributed by atoms with E-state index >= 15 is 0 Å². The van der Waals surface area contributed by atoms with Crippen LogP contribution in [-0.4, -0.2) is 18.3 Å². The molecular weight excluding hydrogens is 309 g/mol. The van der Waals surface area contributed by atoms with E-state index in [4.69, 9.17) is 11.6 Å². The molecule has 0 saturated heterocycles. The Morgan fingerprint density at radius 1 is 1.11 bits per heavy atom. The number of benzene rings is 1. The van der Waals surface area contributed by atoms with Crippen LogP contribution in [0.3, 0.4) is 0 Å². The first-order valence-electron chi connectivity index (χ1n) is 5.80. The van der Waals surface area contributed by atoms with Gasteiger partial charge in [0.15, 0.2) is 0 Å². The van der Waals surface area contributed by atoms with Gasteiger partial charge in [0, 0.05) is 0 Å². The Kier molecular flexibility index (Phi) is 3.78. The quantitative estimate of drug-likeness (QED) is 0.599. The summed E-state index contributed by atoms with van der Waals surface area (Å²) in [7, 11) is 0. The first-order chi connectivity index (χ1) is 8.38. The Hall–Kier alpha value is -0.867. The zero-order chi connectivity index (χ0) is 13.3. The molecule has 0 unspecified atom stereocenters. The second kappa shape index (κ2) is 5.02. The predicted molar refractivity (Wildman–Crippen MR) is 77.6 cm³/mol. The molecule has 1 aromatic heterocycles. The van der Waals surface area contributed by atoms with E-state index in [0.717, 1.165) is 9.96 Å². The van der Waals surface area contributed by atoms with Crippen LogP contribution >= 0.6 is 11.6 Å². The molecule has 18 heavy (non-hydrogen) atoms. The van der Waals surface area contributed by atoms with Gasteiger partial charge in [0.1, 0.15) is 0 Å². The molecule has 94 valence electrons. The average Bonchev–Trinajstić information content (AvgIpc) is 2.27. The molecule has 0 radical (unpaired) electrons. The Balaban J connectivity index is 2.48. The molecule has 0 atom stereocenters. The van der Waals surface area contributed by atoms with Gasteiger partial charge in [-0.15, -0.1) is 0 Å². The van der Waals surface area contributed by atoms with Crippen molar-refractivity contribution in [1.29, 1.82) is 0 Å². The molecule has 0 spiro atoms. The average molecular weight is 324 g/mol. The Labute approximate surface area is 114 Å². The normalized spacial score (nSPS) is 11.6. The second-order valence-corrected chi connectivity index (χ2v) is 16.4. The van der Waals surface area contributed by atoms with Crippen LogP contribution < -0.4 is 4.40 Å². The maximum atomic E-state index is 14.2. The van der Waals surface area contributed by atoms with Crippen molar-refractivity contribution in [3.63, 3.8) is 0 Å². The molecule has 1 heterocycles. The topological polar surface area (TPSA) is 12.9 Å². The fourth-order valence-electron chi connectivity index (χ4n) is 1.79. The van der Waals surface area contributed by atoms with Gasteiger partial charge in [-0.25, -0.2) is 0 Å². The van der Waals surface area contributed by atoms with E-state index < -0.39 is 13.3 Å². The molecule has 4 heteroatoms. The third-order valence-corrected chi connectivity index (χ3v) is 7.37. The van der Waals surface area contributed by atoms with Crippen LogP contribution in [0.15, 0.2) is 36.5 Å². The minimum atomic E-state index is -1.97. The van der Waals surface area contributed by atoms with Gasteiger partial charge in [0.25, 0.3) is 0 Å². The van der Waals surface area contributed by atoms with Crippen LogP contribution in [0.2, 0.25) is 22.4 Å². The maximum absolute atomic E-state index is 14.2. The number of hydrogen-bond acceptors (Lipinski definition) is 1. The van der Waals surface area contributed by atoms with Crippen LogP contribution in [0.5, 0.6) is 0 Å². The summed E-state index contributed by atoms with van der Waals surface area (Å²) in [5, 5.41) is 0.379. The summed E-state index contributed by atoms with van der Waals surface area (Å²) in [5.41, 5.74) is 1.34. The summed E-state index contributed by atoms with van der Waals surface area (Å²) in [5.74, 6) is 6.56. The molecule has 0 N–H and O–H groups in total. The number of aromatic nitrogens is 1. The van der Waals surface area contributed by atoms with E-state index in [1.54, 1.807) is 24.4 Å². The van der Waals surface area contributed by atoms with Crippen molar-refractivity contribution < 1.29 is 4.39 Å². The van der Waals surface area contributed by atoms with Crippen LogP contribution in [0.4, 0.5) is 4.39 Å². The molecule has 1 aromatic carbocycles. The fourth-order valence-corrected chi connectivity index (χ4v) is 4.36. The van der Waals surface area contributed by atoms with Gasteiger partial charge in [-0.1, -0.05) is 0 Å². The van der Waals surface area contributed by atoms with E-state index in [2.05, 4.69) is 22.3 Å². The first-order valence-corrected chi connectivity index (χ1v) is 13.5. The van der Waals surface area contributed by atoms with Crippen LogP contribution in [-0.2, 0) is 0 Å². The van der Waals surface area contributed by atoms with Crippen molar-refractivity contribution in [2.75, 3.05) is 0 Å². The zero-order valence-corrected chi connectivity index (χ0v) is 13.5. The van der Waals surface area contributed by atoms with Gasteiger partial charge in [-0.2, -0.15) is 0 Å². The summed E-state index contributed by atoms with van der Waals surface area (Å²) < 4.78 is 15.3. The fraction of sp³-hybridized carbons (Fsp3) is 0.214. The van der Waals surface area contributed by atoms with Crippen LogP contribution in [0.1, 0.15) is 0 Å². The van der Waals surface area contributed by atoms with Gasteiger partial charge in [-0.3, -0.25) is 0 Å². The Bertz CT molecular complexity index is 578. The molecule has 1 nitrogen and oxygen atoms in total. The summed E-state index contributed by atoms with van der Waals surface area (Å²) >= 11 is 3.85. The number of hydrogen-bond donors (Lipinski definition) is 0. The van der Waals surface area contributed by atoms with Crippen molar-refractivity contribution in [3.05, 3.63) is 47.5 Å². The van der Waals surface area contributed by atoms with Gasteiger partial charge in [0.05, 0.1) is 0 Å². The minimum absolute atomic E-state index is 0.185. The molecule has 0 amide bonds. The molecule has 0 aliphatic rings. The SMILES string of the molecule is [CH3][Ge]([CH3])([CH3])[c]1ccc(-c2ccnc(Cl)c2)c(F)c1. The van der Waals surface area contributed by atoms with Crippen molar-refractivity contribution in [3.8, 4) is 11.1 Å². The second-order valence-electron chi connectivity index (χ2n) is 5.31. The number of pyridine rings is 1. The van der Waals surface area contributed by atoms with Crippen molar-refractivity contribution in [2.45, 2.75) is 17.3 Å².